The molecule has 3 heteroatoms. The van der Waals surface area contributed by atoms with Gasteiger partial charge in [0.15, 0.2) is 5.78 Å². The zero-order valence-electron chi connectivity index (χ0n) is 12.5. The number of nitrogens with two attached hydrogens (primary N) is 1. The molecular weight excluding hydrogens is 272 g/mol. The molecule has 0 saturated heterocycles. The quantitative estimate of drug-likeness (QED) is 0.509. The summed E-state index contributed by atoms with van der Waals surface area (Å²) in [6.45, 7) is 0. The number of anilines is 2. The van der Waals surface area contributed by atoms with Gasteiger partial charge in [0.05, 0.1) is 11.4 Å². The summed E-state index contributed by atoms with van der Waals surface area (Å²) in [5.74, 6) is 0.00961. The Morgan fingerprint density at radius 2 is 1.82 bits per heavy atom. The van der Waals surface area contributed by atoms with Crippen molar-refractivity contribution in [2.75, 3.05) is 11.1 Å². The molecule has 1 aliphatic carbocycles. The lowest BCUT2D eigenvalue weighted by atomic mass is 9.90. The van der Waals surface area contributed by atoms with Crippen LogP contribution in [0.2, 0.25) is 0 Å². The van der Waals surface area contributed by atoms with Crippen molar-refractivity contribution in [1.29, 1.82) is 0 Å². The third kappa shape index (κ3) is 3.19. The van der Waals surface area contributed by atoms with Gasteiger partial charge in [-0.1, -0.05) is 24.3 Å². The number of rotatable bonds is 4. The Balaban J connectivity index is 1.69. The van der Waals surface area contributed by atoms with E-state index in [0.29, 0.717) is 5.69 Å². The number of ketones is 1. The Hall–Kier alpha value is -2.55. The monoisotopic (exact) mass is 292 g/mol. The first-order valence-corrected chi connectivity index (χ1v) is 7.68. The lowest BCUT2D eigenvalue weighted by molar-refractivity contribution is 0.104. The molecule has 0 saturated carbocycles. The van der Waals surface area contributed by atoms with Gasteiger partial charge in [-0.2, -0.15) is 0 Å². The van der Waals surface area contributed by atoms with Gasteiger partial charge in [0.2, 0.25) is 0 Å². The van der Waals surface area contributed by atoms with Gasteiger partial charge in [-0.3, -0.25) is 4.79 Å². The van der Waals surface area contributed by atoms with Crippen molar-refractivity contribution in [3.05, 3.63) is 71.4 Å². The summed E-state index contributed by atoms with van der Waals surface area (Å²) in [6, 6.07) is 13.5. The number of para-hydroxylation sites is 2. The fourth-order valence-electron chi connectivity index (χ4n) is 2.82. The van der Waals surface area contributed by atoms with Crippen LogP contribution in [0.1, 0.15) is 34.3 Å². The highest BCUT2D eigenvalue weighted by atomic mass is 16.1. The summed E-state index contributed by atoms with van der Waals surface area (Å²) < 4.78 is 0. The molecule has 0 aliphatic heterocycles. The molecule has 0 fully saturated rings. The van der Waals surface area contributed by atoms with Gasteiger partial charge in [-0.15, -0.1) is 0 Å². The van der Waals surface area contributed by atoms with E-state index in [1.165, 1.54) is 24.0 Å². The van der Waals surface area contributed by atoms with Gasteiger partial charge in [-0.05, 0) is 55.0 Å². The number of fused-ring (bicyclic) bond motifs is 1. The van der Waals surface area contributed by atoms with E-state index in [4.69, 9.17) is 5.73 Å². The van der Waals surface area contributed by atoms with Crippen molar-refractivity contribution in [1.82, 2.24) is 0 Å². The average molecular weight is 292 g/mol. The number of benzene rings is 2. The predicted molar refractivity (Wildman–Crippen MR) is 91.0 cm³/mol. The molecule has 3 N–H and O–H groups in total. The van der Waals surface area contributed by atoms with Gasteiger partial charge < -0.3 is 11.1 Å². The van der Waals surface area contributed by atoms with E-state index in [0.717, 1.165) is 24.1 Å². The highest BCUT2D eigenvalue weighted by Gasteiger charge is 2.11. The summed E-state index contributed by atoms with van der Waals surface area (Å²) in [7, 11) is 0. The number of nitrogen functional groups attached to an aromatic ring is 1. The number of hydrogen-bond donors (Lipinski definition) is 2. The van der Waals surface area contributed by atoms with E-state index >= 15 is 0 Å². The molecule has 2 aromatic carbocycles. The normalized spacial score (nSPS) is 13.8. The zero-order chi connectivity index (χ0) is 15.4. The van der Waals surface area contributed by atoms with Crippen molar-refractivity contribution in [3.8, 4) is 0 Å². The van der Waals surface area contributed by atoms with E-state index in [1.807, 2.05) is 36.4 Å². The standard InChI is InChI=1S/C19H20N2O/c20-17-7-3-4-8-18(17)21-12-11-19(22)16-10-9-14-5-1-2-6-15(14)13-16/h3-4,7-13,21H,1-2,5-6,20H2/b12-11+. The molecule has 22 heavy (non-hydrogen) atoms. The van der Waals surface area contributed by atoms with Crippen molar-refractivity contribution in [2.45, 2.75) is 25.7 Å². The number of hydrogen-bond acceptors (Lipinski definition) is 3. The van der Waals surface area contributed by atoms with E-state index in [-0.39, 0.29) is 5.78 Å². The maximum atomic E-state index is 12.2. The molecule has 0 bridgehead atoms. The highest BCUT2D eigenvalue weighted by Crippen LogP contribution is 2.22. The highest BCUT2D eigenvalue weighted by molar-refractivity contribution is 6.04. The van der Waals surface area contributed by atoms with Crippen LogP contribution in [0.15, 0.2) is 54.7 Å². The second kappa shape index (κ2) is 6.48. The summed E-state index contributed by atoms with van der Waals surface area (Å²) >= 11 is 0. The van der Waals surface area contributed by atoms with Gasteiger partial charge in [0, 0.05) is 17.8 Å². The maximum Gasteiger partial charge on any atom is 0.187 e. The molecule has 0 atom stereocenters. The first-order valence-electron chi connectivity index (χ1n) is 7.68. The minimum absolute atomic E-state index is 0.00961. The van der Waals surface area contributed by atoms with Crippen molar-refractivity contribution in [2.24, 2.45) is 0 Å². The van der Waals surface area contributed by atoms with E-state index < -0.39 is 0 Å². The minimum Gasteiger partial charge on any atom is -0.397 e. The number of carbonyl (C=O) groups is 1. The SMILES string of the molecule is Nc1ccccc1N/C=C/C(=O)c1ccc2c(c1)CCCC2. The Labute approximate surface area is 130 Å². The van der Waals surface area contributed by atoms with E-state index in [2.05, 4.69) is 11.4 Å². The molecule has 0 spiro atoms. The van der Waals surface area contributed by atoms with Gasteiger partial charge in [-0.25, -0.2) is 0 Å². The molecule has 0 unspecified atom stereocenters. The number of nitrogens with one attached hydrogen (secondary N) is 1. The van der Waals surface area contributed by atoms with E-state index in [1.54, 1.807) is 12.3 Å². The summed E-state index contributed by atoms with van der Waals surface area (Å²) in [5.41, 5.74) is 10.8. The van der Waals surface area contributed by atoms with Crippen LogP contribution in [-0.4, -0.2) is 5.78 Å². The molecule has 0 amide bonds. The molecule has 3 rings (SSSR count). The summed E-state index contributed by atoms with van der Waals surface area (Å²) in [4.78, 5) is 12.2. The molecule has 112 valence electrons. The van der Waals surface area contributed by atoms with Gasteiger partial charge >= 0.3 is 0 Å². The van der Waals surface area contributed by atoms with Crippen molar-refractivity contribution in [3.63, 3.8) is 0 Å². The molecule has 2 aromatic rings. The first kappa shape index (κ1) is 14.4. The summed E-state index contributed by atoms with van der Waals surface area (Å²) in [5, 5.41) is 3.05. The Morgan fingerprint density at radius 1 is 1.05 bits per heavy atom. The smallest absolute Gasteiger partial charge is 0.187 e. The van der Waals surface area contributed by atoms with Crippen LogP contribution in [0.5, 0.6) is 0 Å². The predicted octanol–water partition coefficient (Wildman–Crippen LogP) is 3.96. The summed E-state index contributed by atoms with van der Waals surface area (Å²) in [6.07, 6.45) is 7.88. The largest absolute Gasteiger partial charge is 0.397 e. The van der Waals surface area contributed by atoms with Crippen LogP contribution < -0.4 is 11.1 Å². The van der Waals surface area contributed by atoms with Crippen LogP contribution >= 0.6 is 0 Å². The topological polar surface area (TPSA) is 55.1 Å². The van der Waals surface area contributed by atoms with Gasteiger partial charge in [0.25, 0.3) is 0 Å². The molecule has 3 nitrogen and oxygen atoms in total. The third-order valence-corrected chi connectivity index (χ3v) is 4.07. The molecule has 0 aromatic heterocycles. The fraction of sp³-hybridized carbons (Fsp3) is 0.211. The Bertz CT molecular complexity index is 719. The molecule has 1 aliphatic rings. The second-order valence-corrected chi connectivity index (χ2v) is 5.62. The number of carbonyl (C=O) groups excluding carboxylic acids is 1. The van der Waals surface area contributed by atoms with Crippen LogP contribution in [0.25, 0.3) is 0 Å². The molecular formula is C19H20N2O. The molecule has 0 heterocycles. The number of aryl methyl sites for hydroxylation is 2. The Morgan fingerprint density at radius 3 is 2.64 bits per heavy atom. The second-order valence-electron chi connectivity index (χ2n) is 5.62. The maximum absolute atomic E-state index is 12.2. The van der Waals surface area contributed by atoms with Crippen molar-refractivity contribution >= 4 is 17.2 Å². The lowest BCUT2D eigenvalue weighted by Crippen LogP contribution is -2.05. The van der Waals surface area contributed by atoms with Crippen LogP contribution in [-0.2, 0) is 12.8 Å². The van der Waals surface area contributed by atoms with Crippen LogP contribution in [0, 0.1) is 0 Å². The lowest BCUT2D eigenvalue weighted by Gasteiger charge is -2.15. The third-order valence-electron chi connectivity index (χ3n) is 4.07. The fourth-order valence-corrected chi connectivity index (χ4v) is 2.82. The average Bonchev–Trinajstić information content (AvgIpc) is 2.56. The number of allylic oxidation sites excluding steroid dienone is 1. The van der Waals surface area contributed by atoms with Crippen LogP contribution in [0.4, 0.5) is 11.4 Å². The van der Waals surface area contributed by atoms with Gasteiger partial charge in [0.1, 0.15) is 0 Å². The van der Waals surface area contributed by atoms with E-state index in [9.17, 15) is 4.79 Å². The first-order chi connectivity index (χ1) is 10.7. The minimum atomic E-state index is 0.00961. The van der Waals surface area contributed by atoms with Crippen LogP contribution in [0.3, 0.4) is 0 Å². The molecule has 0 radical (unpaired) electrons. The Kier molecular flexibility index (Phi) is 4.24. The zero-order valence-corrected chi connectivity index (χ0v) is 12.5. The van der Waals surface area contributed by atoms with Crippen molar-refractivity contribution < 1.29 is 4.79 Å².